The maximum absolute atomic E-state index is 13.1. The summed E-state index contributed by atoms with van der Waals surface area (Å²) in [5.41, 5.74) is 4.45. The van der Waals surface area contributed by atoms with Crippen molar-refractivity contribution in [1.29, 1.82) is 0 Å². The van der Waals surface area contributed by atoms with Gasteiger partial charge in [0.15, 0.2) is 5.84 Å². The summed E-state index contributed by atoms with van der Waals surface area (Å²) in [4.78, 5) is 3.65. The largest absolute Gasteiger partial charge is 0.417 e. The van der Waals surface area contributed by atoms with E-state index in [2.05, 4.69) is 5.16 Å². The molecule has 0 aliphatic rings. The molecule has 0 radical (unpaired) electrons. The second-order valence-electron chi connectivity index (χ2n) is 4.94. The molecule has 0 aromatic heterocycles. The van der Waals surface area contributed by atoms with Gasteiger partial charge in [-0.3, -0.25) is 0 Å². The van der Waals surface area contributed by atoms with E-state index < -0.39 is 17.6 Å². The molecule has 0 fully saturated rings. The first kappa shape index (κ1) is 17.1. The van der Waals surface area contributed by atoms with Crippen molar-refractivity contribution in [1.82, 2.24) is 4.90 Å². The molecule has 0 saturated heterocycles. The van der Waals surface area contributed by atoms with Gasteiger partial charge in [-0.1, -0.05) is 5.16 Å². The normalized spacial score (nSPS) is 12.8. The lowest BCUT2D eigenvalue weighted by atomic mass is 10.0. The van der Waals surface area contributed by atoms with Crippen LogP contribution in [-0.4, -0.2) is 50.2 Å². The van der Waals surface area contributed by atoms with Crippen molar-refractivity contribution in [2.45, 2.75) is 6.18 Å². The minimum Gasteiger partial charge on any atom is -0.409 e. The molecule has 0 spiro atoms. The fourth-order valence-corrected chi connectivity index (χ4v) is 1.76. The van der Waals surface area contributed by atoms with Crippen molar-refractivity contribution in [2.24, 2.45) is 10.9 Å². The highest BCUT2D eigenvalue weighted by molar-refractivity contribution is 5.99. The topological polar surface area (TPSA) is 65.1 Å². The highest BCUT2D eigenvalue weighted by atomic mass is 19.4. The van der Waals surface area contributed by atoms with Gasteiger partial charge >= 0.3 is 6.18 Å². The van der Waals surface area contributed by atoms with Gasteiger partial charge in [0.1, 0.15) is 0 Å². The Morgan fingerprint density at radius 3 is 2.33 bits per heavy atom. The average molecular weight is 304 g/mol. The fraction of sp³-hybridized carbons (Fsp3) is 0.462. The third-order valence-electron chi connectivity index (χ3n) is 3.02. The average Bonchev–Trinajstić information content (AvgIpc) is 2.42. The van der Waals surface area contributed by atoms with E-state index in [1.807, 2.05) is 19.0 Å². The van der Waals surface area contributed by atoms with Crippen LogP contribution in [0.3, 0.4) is 0 Å². The van der Waals surface area contributed by atoms with Crippen LogP contribution in [0.25, 0.3) is 0 Å². The second kappa shape index (κ2) is 6.66. The van der Waals surface area contributed by atoms with Crippen LogP contribution in [0.2, 0.25) is 0 Å². The van der Waals surface area contributed by atoms with Gasteiger partial charge in [-0.25, -0.2) is 0 Å². The summed E-state index contributed by atoms with van der Waals surface area (Å²) < 4.78 is 39.3. The number of hydrogen-bond donors (Lipinski definition) is 2. The number of amidine groups is 1. The van der Waals surface area contributed by atoms with Gasteiger partial charge in [-0.05, 0) is 32.3 Å². The standard InChI is InChI=1S/C13H19F3N4O/c1-19(2)6-7-20(3)9-4-5-10(12(17)18-21)11(8-9)13(14,15)16/h4-5,8,21H,6-7H2,1-3H3,(H2,17,18). The summed E-state index contributed by atoms with van der Waals surface area (Å²) >= 11 is 0. The first-order valence-electron chi connectivity index (χ1n) is 6.21. The molecule has 0 unspecified atom stereocenters. The molecule has 0 aliphatic carbocycles. The second-order valence-corrected chi connectivity index (χ2v) is 4.94. The summed E-state index contributed by atoms with van der Waals surface area (Å²) in [6.45, 7) is 1.28. The molecule has 0 bridgehead atoms. The molecule has 0 saturated carbocycles. The Hall–Kier alpha value is -1.96. The number of nitrogens with two attached hydrogens (primary N) is 1. The van der Waals surface area contributed by atoms with Crippen LogP contribution < -0.4 is 10.6 Å². The van der Waals surface area contributed by atoms with Crippen LogP contribution >= 0.6 is 0 Å². The maximum atomic E-state index is 13.1. The number of halogens is 3. The molecule has 0 atom stereocenters. The number of alkyl halides is 3. The SMILES string of the molecule is CN(C)CCN(C)c1ccc(C(N)=NO)c(C(F)(F)F)c1. The molecule has 1 aromatic carbocycles. The predicted molar refractivity (Wildman–Crippen MR) is 75.8 cm³/mol. The Morgan fingerprint density at radius 1 is 1.24 bits per heavy atom. The van der Waals surface area contributed by atoms with Crippen LogP contribution in [0, 0.1) is 0 Å². The number of oxime groups is 1. The van der Waals surface area contributed by atoms with Crippen LogP contribution in [0.5, 0.6) is 0 Å². The summed E-state index contributed by atoms with van der Waals surface area (Å²) in [6, 6.07) is 3.72. The Kier molecular flexibility index (Phi) is 5.42. The molecule has 21 heavy (non-hydrogen) atoms. The zero-order valence-corrected chi connectivity index (χ0v) is 12.1. The van der Waals surface area contributed by atoms with Gasteiger partial charge in [-0.2, -0.15) is 13.2 Å². The van der Waals surface area contributed by atoms with Gasteiger partial charge in [-0.15, -0.1) is 0 Å². The minimum atomic E-state index is -4.58. The Labute approximate surface area is 121 Å². The van der Waals surface area contributed by atoms with E-state index in [9.17, 15) is 13.2 Å². The van der Waals surface area contributed by atoms with Crippen LogP contribution in [0.4, 0.5) is 18.9 Å². The number of anilines is 1. The monoisotopic (exact) mass is 304 g/mol. The lowest BCUT2D eigenvalue weighted by Gasteiger charge is -2.23. The van der Waals surface area contributed by atoms with E-state index in [0.717, 1.165) is 6.07 Å². The van der Waals surface area contributed by atoms with Crippen molar-refractivity contribution >= 4 is 11.5 Å². The van der Waals surface area contributed by atoms with Crippen molar-refractivity contribution in [2.75, 3.05) is 39.1 Å². The van der Waals surface area contributed by atoms with Gasteiger partial charge in [0.25, 0.3) is 0 Å². The zero-order valence-electron chi connectivity index (χ0n) is 12.1. The summed E-state index contributed by atoms with van der Waals surface area (Å²) in [5, 5.41) is 11.2. The maximum Gasteiger partial charge on any atom is 0.417 e. The predicted octanol–water partition coefficient (Wildman–Crippen LogP) is 1.80. The number of rotatable bonds is 5. The molecule has 118 valence electrons. The van der Waals surface area contributed by atoms with E-state index in [4.69, 9.17) is 10.9 Å². The van der Waals surface area contributed by atoms with Gasteiger partial charge in [0.2, 0.25) is 0 Å². The van der Waals surface area contributed by atoms with Gasteiger partial charge in [0, 0.05) is 31.4 Å². The first-order valence-corrected chi connectivity index (χ1v) is 6.21. The highest BCUT2D eigenvalue weighted by Gasteiger charge is 2.35. The molecule has 3 N–H and O–H groups in total. The van der Waals surface area contributed by atoms with Crippen molar-refractivity contribution < 1.29 is 18.4 Å². The number of hydrogen-bond acceptors (Lipinski definition) is 4. The molecular formula is C13H19F3N4O. The summed E-state index contributed by atoms with van der Waals surface area (Å²) in [5.74, 6) is -0.565. The van der Waals surface area contributed by atoms with Gasteiger partial charge in [0.05, 0.1) is 5.56 Å². The van der Waals surface area contributed by atoms with E-state index in [1.165, 1.54) is 12.1 Å². The Balaban J connectivity index is 3.16. The van der Waals surface area contributed by atoms with E-state index in [-0.39, 0.29) is 5.56 Å². The lowest BCUT2D eigenvalue weighted by molar-refractivity contribution is -0.137. The molecule has 1 aromatic rings. The third-order valence-corrected chi connectivity index (χ3v) is 3.02. The lowest BCUT2D eigenvalue weighted by Crippen LogP contribution is -2.29. The molecular weight excluding hydrogens is 285 g/mol. The van der Waals surface area contributed by atoms with Crippen molar-refractivity contribution in [3.8, 4) is 0 Å². The summed E-state index contributed by atoms with van der Waals surface area (Å²) in [7, 11) is 5.48. The molecule has 0 heterocycles. The van der Waals surface area contributed by atoms with Crippen molar-refractivity contribution in [3.05, 3.63) is 29.3 Å². The van der Waals surface area contributed by atoms with Gasteiger partial charge < -0.3 is 20.7 Å². The van der Waals surface area contributed by atoms with E-state index in [1.54, 1.807) is 11.9 Å². The molecule has 8 heteroatoms. The van der Waals surface area contributed by atoms with Crippen LogP contribution in [-0.2, 0) is 6.18 Å². The number of likely N-dealkylation sites (N-methyl/N-ethyl adjacent to an activating group) is 2. The molecule has 0 amide bonds. The fourth-order valence-electron chi connectivity index (χ4n) is 1.76. The van der Waals surface area contributed by atoms with E-state index in [0.29, 0.717) is 18.8 Å². The molecule has 0 aliphatic heterocycles. The van der Waals surface area contributed by atoms with E-state index >= 15 is 0 Å². The van der Waals surface area contributed by atoms with Crippen molar-refractivity contribution in [3.63, 3.8) is 0 Å². The van der Waals surface area contributed by atoms with Crippen LogP contribution in [0.15, 0.2) is 23.4 Å². The smallest absolute Gasteiger partial charge is 0.409 e. The number of benzene rings is 1. The number of nitrogens with zero attached hydrogens (tertiary/aromatic N) is 3. The molecule has 5 nitrogen and oxygen atoms in total. The molecule has 1 rings (SSSR count). The summed E-state index contributed by atoms with van der Waals surface area (Å²) in [6.07, 6.45) is -4.58. The quantitative estimate of drug-likeness (QED) is 0.377. The van der Waals surface area contributed by atoms with Crippen LogP contribution in [0.1, 0.15) is 11.1 Å². The highest BCUT2D eigenvalue weighted by Crippen LogP contribution is 2.34. The first-order chi connectivity index (χ1) is 9.66. The zero-order chi connectivity index (χ0) is 16.2. The Bertz CT molecular complexity index is 515. The third kappa shape index (κ3) is 4.52. The minimum absolute atomic E-state index is 0.338. The Morgan fingerprint density at radius 2 is 1.86 bits per heavy atom.